The molecule has 13 heteroatoms. The Bertz CT molecular complexity index is 1570. The molecule has 6 rings (SSSR count). The van der Waals surface area contributed by atoms with Gasteiger partial charge in [-0.15, -0.1) is 0 Å². The van der Waals surface area contributed by atoms with Crippen molar-refractivity contribution in [3.05, 3.63) is 82.9 Å². The molecule has 1 heterocycles. The van der Waals surface area contributed by atoms with Crippen molar-refractivity contribution in [1.82, 2.24) is 0 Å². The molecule has 0 aromatic heterocycles. The zero-order chi connectivity index (χ0) is 33.2. The smallest absolute Gasteiger partial charge is 0.455 e. The number of fused-ring (bicyclic) bond motifs is 5. The van der Waals surface area contributed by atoms with Gasteiger partial charge in [-0.2, -0.15) is 0 Å². The quantitative estimate of drug-likeness (QED) is 0.257. The van der Waals surface area contributed by atoms with Crippen molar-refractivity contribution in [3.63, 3.8) is 0 Å². The predicted molar refractivity (Wildman–Crippen MR) is 161 cm³/mol. The number of carbonyl (C=O) groups is 3. The van der Waals surface area contributed by atoms with Crippen LogP contribution in [0.4, 0.5) is 4.79 Å². The fourth-order valence-corrected chi connectivity index (χ4v) is 8.28. The van der Waals surface area contributed by atoms with Crippen LogP contribution in [0.25, 0.3) is 0 Å². The zero-order valence-electron chi connectivity index (χ0n) is 27.4. The van der Waals surface area contributed by atoms with Gasteiger partial charge in [0.15, 0.2) is 5.78 Å². The Balaban J connectivity index is 0.00000260. The summed E-state index contributed by atoms with van der Waals surface area (Å²) in [5, 5.41) is 48.1. The number of carbonyl (C=O) groups excluding carboxylic acids is 3. The predicted octanol–water partition coefficient (Wildman–Crippen LogP) is 2.87. The van der Waals surface area contributed by atoms with Gasteiger partial charge in [0.25, 0.3) is 0 Å². The molecule has 4 N–H and O–H groups in total. The monoisotopic (exact) mass is 1090 g/mol. The molecule has 252 valence electrons. The van der Waals surface area contributed by atoms with Gasteiger partial charge in [0.1, 0.15) is 36.1 Å². The third-order valence-electron chi connectivity index (χ3n) is 11.0. The molecule has 2 bridgehead atoms. The summed E-state index contributed by atoms with van der Waals surface area (Å²) in [6.45, 7) is 5.85. The summed E-state index contributed by atoms with van der Waals surface area (Å²) in [6.07, 6.45) is -8.67. The maximum atomic E-state index is 14.7. The molecule has 2 aromatic carbocycles. The van der Waals surface area contributed by atoms with Crippen LogP contribution in [0.5, 0.6) is 0 Å². The third kappa shape index (κ3) is 6.34. The maximum Gasteiger partial charge on any atom is 0.508 e. The van der Waals surface area contributed by atoms with E-state index in [1.54, 1.807) is 63.2 Å². The first-order valence-electron chi connectivity index (χ1n) is 15.5. The molecule has 8 unspecified atom stereocenters. The number of ketones is 1. The van der Waals surface area contributed by atoms with Crippen LogP contribution >= 0.6 is 0 Å². The molecule has 0 amide bonds. The van der Waals surface area contributed by atoms with E-state index in [0.717, 1.165) is 0 Å². The van der Waals surface area contributed by atoms with Gasteiger partial charge in [-0.05, 0) is 42.7 Å². The van der Waals surface area contributed by atoms with E-state index in [4.69, 9.17) is 18.9 Å². The van der Waals surface area contributed by atoms with Gasteiger partial charge in [0.05, 0.1) is 29.8 Å². The van der Waals surface area contributed by atoms with Crippen LogP contribution in [-0.2, 0) is 30.3 Å². The van der Waals surface area contributed by atoms with Crippen LogP contribution in [0.2, 0.25) is 0 Å². The fraction of sp³-hybridized carbons (Fsp3) is 0.514. The van der Waals surface area contributed by atoms with Gasteiger partial charge in [0, 0.05) is 112 Å². The summed E-state index contributed by atoms with van der Waals surface area (Å²) in [5.41, 5.74) is -6.10. The molecule has 1 aliphatic heterocycles. The van der Waals surface area contributed by atoms with E-state index in [1.165, 1.54) is 19.1 Å². The molecule has 2 radical (unpaired) electrons. The van der Waals surface area contributed by atoms with Crippen LogP contribution in [0.3, 0.4) is 0 Å². The number of ether oxygens (including phenoxy) is 4. The van der Waals surface area contributed by atoms with E-state index in [2.05, 4.69) is 0 Å². The van der Waals surface area contributed by atoms with Crippen LogP contribution in [0.15, 0.2) is 71.8 Å². The topological polar surface area (TPSA) is 169 Å². The van der Waals surface area contributed by atoms with Crippen molar-refractivity contribution in [2.45, 2.75) is 88.9 Å². The second-order valence-corrected chi connectivity index (χ2v) is 13.7. The van der Waals surface area contributed by atoms with Crippen LogP contribution in [-0.4, -0.2) is 86.7 Å². The average Bonchev–Trinajstić information content (AvgIpc) is 3.03. The minimum absolute atomic E-state index is 0. The number of esters is 1. The number of rotatable bonds is 5. The van der Waals surface area contributed by atoms with Crippen molar-refractivity contribution in [2.75, 3.05) is 6.61 Å². The minimum atomic E-state index is -2.12. The zero-order valence-corrected chi connectivity index (χ0v) is 36.9. The van der Waals surface area contributed by atoms with Gasteiger partial charge in [-0.25, -0.2) is 9.59 Å². The number of aliphatic hydroxyl groups is 4. The largest absolute Gasteiger partial charge is 0.508 e. The van der Waals surface area contributed by atoms with Crippen LogP contribution in [0.1, 0.15) is 56.5 Å². The Morgan fingerprint density at radius 1 is 0.938 bits per heavy atom. The summed E-state index contributed by atoms with van der Waals surface area (Å²) in [7, 11) is 0. The van der Waals surface area contributed by atoms with Gasteiger partial charge >= 0.3 is 12.1 Å². The molecule has 11 nitrogen and oxygen atoms in total. The number of benzene rings is 2. The number of Topliss-reactive ketones (excluding diaryl/α,β-unsaturated/α-hetero) is 1. The molecule has 0 spiro atoms. The Hall–Kier alpha value is -0.727. The van der Waals surface area contributed by atoms with Crippen molar-refractivity contribution in [2.24, 2.45) is 16.7 Å². The summed E-state index contributed by atoms with van der Waals surface area (Å²) in [5.74, 6) is -3.11. The van der Waals surface area contributed by atoms with E-state index in [0.29, 0.717) is 11.1 Å². The molecule has 3 aliphatic carbocycles. The Morgan fingerprint density at radius 3 is 2.12 bits per heavy atom. The number of aliphatic hydroxyl groups excluding tert-OH is 2. The summed E-state index contributed by atoms with van der Waals surface area (Å²) < 4.78 is 23.1. The molecule has 2 saturated carbocycles. The summed E-state index contributed by atoms with van der Waals surface area (Å²) in [6, 6.07) is 17.0. The second-order valence-electron chi connectivity index (χ2n) is 13.7. The second kappa shape index (κ2) is 14.7. The van der Waals surface area contributed by atoms with E-state index in [9.17, 15) is 34.8 Å². The van der Waals surface area contributed by atoms with Crippen molar-refractivity contribution >= 4 is 17.9 Å². The van der Waals surface area contributed by atoms with Gasteiger partial charge in [-0.1, -0.05) is 62.4 Å². The molecule has 2 aromatic rings. The SMILES string of the molecule is CC1=C2C(O)C(=O)C3(C)C(C(OC(=O)c4ccccc4)C(O)(CC1O)C2(C)C)C1(O)COC1C[C@@H]3OC(=O)OCc1ccccc1.[Ac].[Ac]. The van der Waals surface area contributed by atoms with Crippen molar-refractivity contribution in [3.8, 4) is 0 Å². The molecule has 48 heavy (non-hydrogen) atoms. The number of hydrogen-bond donors (Lipinski definition) is 4. The van der Waals surface area contributed by atoms with Crippen molar-refractivity contribution < 1.29 is 142 Å². The van der Waals surface area contributed by atoms with Crippen LogP contribution in [0, 0.1) is 105 Å². The molecular formula is C35H40Ac2O11. The molecule has 9 atom stereocenters. The molecule has 3 fully saturated rings. The van der Waals surface area contributed by atoms with Crippen molar-refractivity contribution in [1.29, 1.82) is 0 Å². The first-order valence-corrected chi connectivity index (χ1v) is 15.5. The van der Waals surface area contributed by atoms with Gasteiger partial charge in [-0.3, -0.25) is 4.79 Å². The third-order valence-corrected chi connectivity index (χ3v) is 11.0. The van der Waals surface area contributed by atoms with E-state index >= 15 is 0 Å². The standard InChI is InChI=1S/C35H40O11.2Ac/c1-19-22(36)16-35(42)29(46-30(39)21-13-9-6-10-14-21)27-33(4,28(38)26(37)25(19)32(35,2)3)23(15-24-34(27,41)18-44-24)45-31(40)43-17-20-11-7-5-8-12-20;;/h5-14,22-24,26-27,29,36-37,41-42H,15-18H2,1-4H3;;/t22?,23-,24?,26?,27?,29?,33?,34?,35?;;/m0../s1. The Kier molecular flexibility index (Phi) is 12.3. The molecule has 1 saturated heterocycles. The Labute approximate surface area is 350 Å². The van der Waals surface area contributed by atoms with E-state index in [-0.39, 0.29) is 125 Å². The first kappa shape index (κ1) is 40.0. The van der Waals surface area contributed by atoms with Crippen LogP contribution < -0.4 is 0 Å². The average molecular weight is 1090 g/mol. The minimum Gasteiger partial charge on any atom is -0.455 e. The fourth-order valence-electron chi connectivity index (χ4n) is 8.28. The molecular weight excluding hydrogens is 1050 g/mol. The molecule has 4 aliphatic rings. The Morgan fingerprint density at radius 2 is 1.54 bits per heavy atom. The van der Waals surface area contributed by atoms with E-state index < -0.39 is 76.4 Å². The van der Waals surface area contributed by atoms with Gasteiger partial charge in [0.2, 0.25) is 0 Å². The summed E-state index contributed by atoms with van der Waals surface area (Å²) in [4.78, 5) is 41.6. The summed E-state index contributed by atoms with van der Waals surface area (Å²) >= 11 is 0. The number of hydrogen-bond acceptors (Lipinski definition) is 11. The normalized spacial score (nSPS) is 36.3. The van der Waals surface area contributed by atoms with E-state index in [1.807, 2.05) is 6.07 Å². The maximum absolute atomic E-state index is 14.7. The van der Waals surface area contributed by atoms with Gasteiger partial charge < -0.3 is 39.4 Å². The first-order chi connectivity index (χ1) is 21.7.